The monoisotopic (exact) mass is 395 g/mol. The minimum atomic E-state index is -0.181. The Morgan fingerprint density at radius 2 is 1.69 bits per heavy atom. The third kappa shape index (κ3) is 3.48. The molecule has 1 aromatic heterocycles. The van der Waals surface area contributed by atoms with Gasteiger partial charge in [0.15, 0.2) is 5.13 Å². The lowest BCUT2D eigenvalue weighted by Crippen LogP contribution is -2.11. The van der Waals surface area contributed by atoms with Crippen LogP contribution in [0.1, 0.15) is 21.5 Å². The number of anilines is 1. The zero-order valence-electron chi connectivity index (χ0n) is 15.5. The molecule has 0 radical (unpaired) electrons. The first-order chi connectivity index (χ1) is 14.3. The van der Waals surface area contributed by atoms with Gasteiger partial charge in [0.1, 0.15) is 0 Å². The van der Waals surface area contributed by atoms with Crippen molar-refractivity contribution in [3.8, 4) is 11.1 Å². The number of carbonyl (C=O) groups excluding carboxylic acids is 1. The molecule has 3 aromatic carbocycles. The van der Waals surface area contributed by atoms with E-state index in [1.54, 1.807) is 6.20 Å². The maximum atomic E-state index is 12.7. The molecule has 4 nitrogen and oxygen atoms in total. The molecule has 5 rings (SSSR count). The van der Waals surface area contributed by atoms with Gasteiger partial charge in [0.2, 0.25) is 0 Å². The Hall–Kier alpha value is -3.57. The minimum Gasteiger partial charge on any atom is -0.298 e. The summed E-state index contributed by atoms with van der Waals surface area (Å²) in [6.45, 7) is 0. The van der Waals surface area contributed by atoms with Crippen LogP contribution in [-0.2, 0) is 6.42 Å². The van der Waals surface area contributed by atoms with E-state index in [2.05, 4.69) is 46.7 Å². The molecule has 5 heteroatoms. The SMILES string of the molecule is O=C(Nc1nccs1)c1cccc2c1N=C(c1cccc(-c3ccccc3)c1)C2. The lowest BCUT2D eigenvalue weighted by Gasteiger charge is -2.05. The molecule has 1 N–H and O–H groups in total. The van der Waals surface area contributed by atoms with Crippen molar-refractivity contribution in [3.05, 3.63) is 101 Å². The van der Waals surface area contributed by atoms with E-state index in [0.29, 0.717) is 17.1 Å². The number of carbonyl (C=O) groups is 1. The summed E-state index contributed by atoms with van der Waals surface area (Å²) in [5, 5.41) is 5.27. The fraction of sp³-hybridized carbons (Fsp3) is 0.0417. The summed E-state index contributed by atoms with van der Waals surface area (Å²) >= 11 is 1.40. The average molecular weight is 395 g/mol. The standard InChI is InChI=1S/C24H17N3OS/c28-23(27-24-25-12-13-29-24)20-11-5-10-19-15-21(26-22(19)20)18-9-4-8-17(14-18)16-6-2-1-3-7-16/h1-14H,15H2,(H,25,27,28). The highest BCUT2D eigenvalue weighted by molar-refractivity contribution is 7.13. The molecule has 1 aliphatic rings. The molecule has 0 saturated heterocycles. The van der Waals surface area contributed by atoms with Gasteiger partial charge in [0.05, 0.1) is 17.0 Å². The second-order valence-corrected chi connectivity index (χ2v) is 7.68. The van der Waals surface area contributed by atoms with Crippen molar-refractivity contribution in [2.24, 2.45) is 4.99 Å². The van der Waals surface area contributed by atoms with Gasteiger partial charge in [-0.05, 0) is 34.4 Å². The molecule has 0 aliphatic carbocycles. The van der Waals surface area contributed by atoms with Gasteiger partial charge in [-0.25, -0.2) is 4.98 Å². The van der Waals surface area contributed by atoms with Crippen LogP contribution in [0.25, 0.3) is 11.1 Å². The number of amides is 1. The van der Waals surface area contributed by atoms with Crippen LogP contribution in [0, 0.1) is 0 Å². The van der Waals surface area contributed by atoms with Gasteiger partial charge < -0.3 is 0 Å². The van der Waals surface area contributed by atoms with Crippen LogP contribution < -0.4 is 5.32 Å². The second-order valence-electron chi connectivity index (χ2n) is 6.79. The fourth-order valence-corrected chi connectivity index (χ4v) is 4.05. The number of nitrogens with zero attached hydrogens (tertiary/aromatic N) is 2. The fourth-order valence-electron chi connectivity index (χ4n) is 3.53. The Labute approximate surface area is 172 Å². The molecule has 0 atom stereocenters. The van der Waals surface area contributed by atoms with Crippen LogP contribution in [-0.4, -0.2) is 16.6 Å². The van der Waals surface area contributed by atoms with Crippen molar-refractivity contribution in [2.75, 3.05) is 5.32 Å². The van der Waals surface area contributed by atoms with Gasteiger partial charge in [-0.1, -0.05) is 60.7 Å². The van der Waals surface area contributed by atoms with Gasteiger partial charge in [-0.2, -0.15) is 0 Å². The van der Waals surface area contributed by atoms with E-state index < -0.39 is 0 Å². The van der Waals surface area contributed by atoms with Crippen LogP contribution in [0.5, 0.6) is 0 Å². The van der Waals surface area contributed by atoms with E-state index in [1.165, 1.54) is 16.9 Å². The molecule has 0 fully saturated rings. The molecule has 0 bridgehead atoms. The Morgan fingerprint density at radius 1 is 0.897 bits per heavy atom. The number of hydrogen-bond acceptors (Lipinski definition) is 4. The third-order valence-electron chi connectivity index (χ3n) is 4.92. The maximum Gasteiger partial charge on any atom is 0.259 e. The van der Waals surface area contributed by atoms with E-state index in [9.17, 15) is 4.79 Å². The van der Waals surface area contributed by atoms with Crippen LogP contribution in [0.4, 0.5) is 10.8 Å². The first-order valence-corrected chi connectivity index (χ1v) is 10.2. The summed E-state index contributed by atoms with van der Waals surface area (Å²) < 4.78 is 0. The summed E-state index contributed by atoms with van der Waals surface area (Å²) in [5.41, 5.74) is 6.78. The highest BCUT2D eigenvalue weighted by Crippen LogP contribution is 2.34. The van der Waals surface area contributed by atoms with E-state index in [-0.39, 0.29) is 5.91 Å². The number of aliphatic imine (C=N–C) groups is 1. The number of nitrogens with one attached hydrogen (secondary N) is 1. The normalized spacial score (nSPS) is 12.3. The second kappa shape index (κ2) is 7.45. The average Bonchev–Trinajstić information content (AvgIpc) is 3.44. The van der Waals surface area contributed by atoms with Crippen LogP contribution >= 0.6 is 11.3 Å². The molecule has 29 heavy (non-hydrogen) atoms. The summed E-state index contributed by atoms with van der Waals surface area (Å²) in [6, 6.07) is 24.5. The van der Waals surface area contributed by atoms with Crippen LogP contribution in [0.2, 0.25) is 0 Å². The van der Waals surface area contributed by atoms with Gasteiger partial charge in [-0.3, -0.25) is 15.1 Å². The summed E-state index contributed by atoms with van der Waals surface area (Å²) in [4.78, 5) is 21.7. The number of thiazole rings is 1. The molecule has 2 heterocycles. The molecule has 1 aliphatic heterocycles. The summed E-state index contributed by atoms with van der Waals surface area (Å²) in [5.74, 6) is -0.181. The first kappa shape index (κ1) is 17.5. The maximum absolute atomic E-state index is 12.7. The minimum absolute atomic E-state index is 0.181. The smallest absolute Gasteiger partial charge is 0.259 e. The highest BCUT2D eigenvalue weighted by Gasteiger charge is 2.22. The number of para-hydroxylation sites is 1. The largest absolute Gasteiger partial charge is 0.298 e. The Morgan fingerprint density at radius 3 is 2.52 bits per heavy atom. The van der Waals surface area contributed by atoms with Gasteiger partial charge in [-0.15, -0.1) is 11.3 Å². The topological polar surface area (TPSA) is 54.4 Å². The lowest BCUT2D eigenvalue weighted by atomic mass is 9.98. The highest BCUT2D eigenvalue weighted by atomic mass is 32.1. The Balaban J connectivity index is 1.48. The van der Waals surface area contributed by atoms with Crippen molar-refractivity contribution in [2.45, 2.75) is 6.42 Å². The van der Waals surface area contributed by atoms with Crippen molar-refractivity contribution in [1.29, 1.82) is 0 Å². The van der Waals surface area contributed by atoms with Crippen molar-refractivity contribution in [1.82, 2.24) is 4.98 Å². The molecular weight excluding hydrogens is 378 g/mol. The molecule has 0 spiro atoms. The van der Waals surface area contributed by atoms with Gasteiger partial charge in [0.25, 0.3) is 5.91 Å². The molecule has 0 unspecified atom stereocenters. The predicted octanol–water partition coefficient (Wildman–Crippen LogP) is 5.74. The van der Waals surface area contributed by atoms with Gasteiger partial charge in [0, 0.05) is 18.0 Å². The Kier molecular flexibility index (Phi) is 4.50. The van der Waals surface area contributed by atoms with E-state index in [4.69, 9.17) is 4.99 Å². The molecular formula is C24H17N3OS. The van der Waals surface area contributed by atoms with Crippen molar-refractivity contribution >= 4 is 33.8 Å². The number of hydrogen-bond donors (Lipinski definition) is 1. The number of aromatic nitrogens is 1. The number of rotatable bonds is 4. The van der Waals surface area contributed by atoms with E-state index >= 15 is 0 Å². The molecule has 1 amide bonds. The van der Waals surface area contributed by atoms with Crippen LogP contribution in [0.15, 0.2) is 89.4 Å². The van der Waals surface area contributed by atoms with Crippen molar-refractivity contribution < 1.29 is 4.79 Å². The van der Waals surface area contributed by atoms with E-state index in [0.717, 1.165) is 28.1 Å². The first-order valence-electron chi connectivity index (χ1n) is 9.34. The number of benzene rings is 3. The summed E-state index contributed by atoms with van der Waals surface area (Å²) in [6.07, 6.45) is 2.39. The van der Waals surface area contributed by atoms with Crippen molar-refractivity contribution in [3.63, 3.8) is 0 Å². The molecule has 0 saturated carbocycles. The molecule has 4 aromatic rings. The third-order valence-corrected chi connectivity index (χ3v) is 5.61. The van der Waals surface area contributed by atoms with Gasteiger partial charge >= 0.3 is 0 Å². The van der Waals surface area contributed by atoms with Crippen LogP contribution in [0.3, 0.4) is 0 Å². The van der Waals surface area contributed by atoms with E-state index in [1.807, 2.05) is 41.8 Å². The zero-order chi connectivity index (χ0) is 19.6. The quantitative estimate of drug-likeness (QED) is 0.479. The Bertz CT molecular complexity index is 1210. The predicted molar refractivity (Wildman–Crippen MR) is 118 cm³/mol. The lowest BCUT2D eigenvalue weighted by molar-refractivity contribution is 0.102. The number of fused-ring (bicyclic) bond motifs is 1. The zero-order valence-corrected chi connectivity index (χ0v) is 16.3. The molecule has 140 valence electrons. The summed E-state index contributed by atoms with van der Waals surface area (Å²) in [7, 11) is 0.